The summed E-state index contributed by atoms with van der Waals surface area (Å²) in [7, 11) is 3.52. The molecule has 0 aromatic carbocycles. The van der Waals surface area contributed by atoms with Crippen LogP contribution in [0.3, 0.4) is 0 Å². The molecule has 1 fully saturated rings. The van der Waals surface area contributed by atoms with Crippen molar-refractivity contribution in [1.82, 2.24) is 19.8 Å². The molecule has 0 saturated carbocycles. The fourth-order valence-electron chi connectivity index (χ4n) is 2.16. The maximum atomic E-state index is 12.3. The Balaban J connectivity index is 0.000000570. The lowest BCUT2D eigenvalue weighted by Gasteiger charge is -2.32. The van der Waals surface area contributed by atoms with E-state index >= 15 is 0 Å². The van der Waals surface area contributed by atoms with Crippen LogP contribution in [-0.2, 0) is 15.7 Å². The van der Waals surface area contributed by atoms with Crippen LogP contribution in [0.25, 0.3) is 0 Å². The third kappa shape index (κ3) is 11.5. The van der Waals surface area contributed by atoms with Crippen molar-refractivity contribution < 1.29 is 27.5 Å². The smallest absolute Gasteiger partial charge is 0.419 e. The van der Waals surface area contributed by atoms with Crippen molar-refractivity contribution in [3.8, 4) is 0 Å². The van der Waals surface area contributed by atoms with Gasteiger partial charge >= 0.3 is 12.3 Å². The number of ether oxygens (including phenoxy) is 1. The van der Waals surface area contributed by atoms with E-state index in [1.54, 1.807) is 20.8 Å². The third-order valence-corrected chi connectivity index (χ3v) is 3.81. The lowest BCUT2D eigenvalue weighted by Crippen LogP contribution is -2.45. The van der Waals surface area contributed by atoms with E-state index in [1.165, 1.54) is 11.9 Å². The maximum absolute atomic E-state index is 12.3. The predicted octanol–water partition coefficient (Wildman–Crippen LogP) is 3.33. The fourth-order valence-corrected chi connectivity index (χ4v) is 2.16. The van der Waals surface area contributed by atoms with Crippen molar-refractivity contribution in [2.45, 2.75) is 46.4 Å². The van der Waals surface area contributed by atoms with Crippen molar-refractivity contribution in [2.75, 3.05) is 51.7 Å². The van der Waals surface area contributed by atoms with E-state index in [-0.39, 0.29) is 6.54 Å². The first-order chi connectivity index (χ1) is 14.3. The van der Waals surface area contributed by atoms with Crippen molar-refractivity contribution in [3.05, 3.63) is 18.0 Å². The first kappa shape index (κ1) is 28.6. The first-order valence-corrected chi connectivity index (χ1v) is 10.0. The number of piperazine rings is 1. The SMILES string of the molecule is CC.CN(CC=O)C(=O)OC(C)(C)C.CN1CCN(c2ncc(C(F)(F)F)cn2)CC1. The summed E-state index contributed by atoms with van der Waals surface area (Å²) >= 11 is 0. The van der Waals surface area contributed by atoms with E-state index in [0.717, 1.165) is 38.6 Å². The van der Waals surface area contributed by atoms with Crippen LogP contribution in [0, 0.1) is 0 Å². The van der Waals surface area contributed by atoms with Gasteiger partial charge in [-0.15, -0.1) is 0 Å². The quantitative estimate of drug-likeness (QED) is 0.655. The van der Waals surface area contributed by atoms with Gasteiger partial charge in [0.25, 0.3) is 0 Å². The molecule has 178 valence electrons. The van der Waals surface area contributed by atoms with Gasteiger partial charge in [0.1, 0.15) is 11.9 Å². The van der Waals surface area contributed by atoms with Crippen molar-refractivity contribution in [1.29, 1.82) is 0 Å². The summed E-state index contributed by atoms with van der Waals surface area (Å²) in [6.45, 7) is 12.6. The van der Waals surface area contributed by atoms with Gasteiger partial charge in [0.2, 0.25) is 5.95 Å². The number of aromatic nitrogens is 2. The van der Waals surface area contributed by atoms with Crippen LogP contribution in [0.1, 0.15) is 40.2 Å². The van der Waals surface area contributed by atoms with Gasteiger partial charge in [0.15, 0.2) is 0 Å². The molecule has 1 amide bonds. The van der Waals surface area contributed by atoms with Crippen LogP contribution in [-0.4, -0.2) is 84.6 Å². The molecule has 0 bridgehead atoms. The minimum atomic E-state index is -4.37. The number of nitrogens with zero attached hydrogens (tertiary/aromatic N) is 5. The summed E-state index contributed by atoms with van der Waals surface area (Å²) < 4.78 is 41.9. The maximum Gasteiger partial charge on any atom is 0.419 e. The van der Waals surface area contributed by atoms with E-state index in [9.17, 15) is 22.8 Å². The highest BCUT2D eigenvalue weighted by Crippen LogP contribution is 2.28. The van der Waals surface area contributed by atoms with Crippen LogP contribution in [0.15, 0.2) is 12.4 Å². The minimum Gasteiger partial charge on any atom is -0.444 e. The van der Waals surface area contributed by atoms with Gasteiger partial charge < -0.3 is 24.2 Å². The number of hydrogen-bond acceptors (Lipinski definition) is 7. The topological polar surface area (TPSA) is 78.9 Å². The number of alkyl halides is 3. The number of rotatable bonds is 3. The van der Waals surface area contributed by atoms with Gasteiger partial charge in [-0.2, -0.15) is 13.2 Å². The van der Waals surface area contributed by atoms with Gasteiger partial charge in [-0.25, -0.2) is 14.8 Å². The second-order valence-corrected chi connectivity index (χ2v) is 7.59. The number of hydrogen-bond donors (Lipinski definition) is 0. The fraction of sp³-hybridized carbons (Fsp3) is 0.700. The monoisotopic (exact) mass is 449 g/mol. The second kappa shape index (κ2) is 13.1. The van der Waals surface area contributed by atoms with Gasteiger partial charge in [-0.3, -0.25) is 0 Å². The van der Waals surface area contributed by atoms with Gasteiger partial charge in [-0.05, 0) is 27.8 Å². The Morgan fingerprint density at radius 2 is 1.61 bits per heavy atom. The normalized spacial score (nSPS) is 14.5. The number of aldehydes is 1. The van der Waals surface area contributed by atoms with Crippen molar-refractivity contribution >= 4 is 18.3 Å². The Morgan fingerprint density at radius 1 is 1.13 bits per heavy atom. The standard InChI is InChI=1S/C10H13F3N4.C8H15NO3.C2H6/c1-16-2-4-17(5-3-16)9-14-6-8(7-15-9)10(11,12)13;1-8(2,3)12-7(11)9(4)5-6-10;1-2/h6-7H,2-5H2,1H3;6H,5H2,1-4H3;1-2H3. The summed E-state index contributed by atoms with van der Waals surface area (Å²) in [6.07, 6.45) is -2.53. The van der Waals surface area contributed by atoms with E-state index in [1.807, 2.05) is 25.8 Å². The Hall–Kier alpha value is -2.43. The number of amides is 1. The van der Waals surface area contributed by atoms with Crippen LogP contribution in [0.2, 0.25) is 0 Å². The zero-order chi connectivity index (χ0) is 24.2. The lowest BCUT2D eigenvalue weighted by atomic mass is 10.2. The Morgan fingerprint density at radius 3 is 2.00 bits per heavy atom. The highest BCUT2D eigenvalue weighted by Gasteiger charge is 2.31. The minimum absolute atomic E-state index is 0.0644. The number of likely N-dealkylation sites (N-methyl/N-ethyl adjacent to an activating group) is 2. The third-order valence-electron chi connectivity index (χ3n) is 3.81. The van der Waals surface area contributed by atoms with Crippen molar-refractivity contribution in [3.63, 3.8) is 0 Å². The number of carbonyl (C=O) groups is 2. The van der Waals surface area contributed by atoms with E-state index in [4.69, 9.17) is 4.74 Å². The van der Waals surface area contributed by atoms with E-state index in [2.05, 4.69) is 14.9 Å². The molecule has 0 unspecified atom stereocenters. The molecule has 31 heavy (non-hydrogen) atoms. The summed E-state index contributed by atoms with van der Waals surface area (Å²) in [5.74, 6) is 0.367. The largest absolute Gasteiger partial charge is 0.444 e. The van der Waals surface area contributed by atoms with Crippen molar-refractivity contribution in [2.24, 2.45) is 0 Å². The van der Waals surface area contributed by atoms with Crippen LogP contribution < -0.4 is 4.90 Å². The Labute approximate surface area is 182 Å². The molecular formula is C20H34F3N5O3. The van der Waals surface area contributed by atoms with E-state index < -0.39 is 23.4 Å². The summed E-state index contributed by atoms with van der Waals surface area (Å²) in [5.41, 5.74) is -1.32. The number of halogens is 3. The molecule has 2 rings (SSSR count). The van der Waals surface area contributed by atoms with Crippen LogP contribution >= 0.6 is 0 Å². The van der Waals surface area contributed by atoms with Crippen LogP contribution in [0.5, 0.6) is 0 Å². The molecule has 1 aromatic heterocycles. The summed E-state index contributed by atoms with van der Waals surface area (Å²) in [6, 6.07) is 0. The highest BCUT2D eigenvalue weighted by molar-refractivity contribution is 5.71. The van der Waals surface area contributed by atoms with Gasteiger partial charge in [0.05, 0.1) is 12.1 Å². The molecule has 1 aliphatic rings. The molecule has 0 radical (unpaired) electrons. The molecule has 1 saturated heterocycles. The average Bonchev–Trinajstić information content (AvgIpc) is 2.69. The Bertz CT molecular complexity index is 656. The second-order valence-electron chi connectivity index (χ2n) is 7.59. The molecule has 11 heteroatoms. The molecule has 0 spiro atoms. The molecule has 8 nitrogen and oxygen atoms in total. The lowest BCUT2D eigenvalue weighted by molar-refractivity contribution is -0.138. The van der Waals surface area contributed by atoms with E-state index in [0.29, 0.717) is 12.2 Å². The van der Waals surface area contributed by atoms with Gasteiger partial charge in [-0.1, -0.05) is 13.8 Å². The first-order valence-electron chi connectivity index (χ1n) is 10.0. The summed E-state index contributed by atoms with van der Waals surface area (Å²) in [4.78, 5) is 33.9. The zero-order valence-electron chi connectivity index (χ0n) is 19.4. The molecule has 0 N–H and O–H groups in total. The molecular weight excluding hydrogens is 415 g/mol. The number of anilines is 1. The van der Waals surface area contributed by atoms with Crippen LogP contribution in [0.4, 0.5) is 23.9 Å². The molecule has 1 aromatic rings. The molecule has 1 aliphatic heterocycles. The Kier molecular flexibility index (Phi) is 12.1. The molecule has 0 atom stereocenters. The predicted molar refractivity (Wildman–Crippen MR) is 113 cm³/mol. The van der Waals surface area contributed by atoms with Gasteiger partial charge in [0, 0.05) is 45.6 Å². The molecule has 2 heterocycles. The summed E-state index contributed by atoms with van der Waals surface area (Å²) in [5, 5.41) is 0. The highest BCUT2D eigenvalue weighted by atomic mass is 19.4. The average molecular weight is 450 g/mol. The molecule has 0 aliphatic carbocycles. The number of carbonyl (C=O) groups excluding carboxylic acids is 2. The zero-order valence-corrected chi connectivity index (χ0v) is 19.4.